The molecule has 0 aliphatic carbocycles. The molecule has 0 saturated heterocycles. The van der Waals surface area contributed by atoms with Crippen molar-refractivity contribution in [2.75, 3.05) is 14.2 Å². The first kappa shape index (κ1) is 42.2. The highest BCUT2D eigenvalue weighted by Crippen LogP contribution is 2.28. The molecule has 9 nitrogen and oxygen atoms in total. The Morgan fingerprint density at radius 2 is 1.68 bits per heavy atom. The molecule has 0 aromatic heterocycles. The number of rotatable bonds is 10. The third-order valence-electron chi connectivity index (χ3n) is 9.18. The Bertz CT molecular complexity index is 1180. The fourth-order valence-corrected chi connectivity index (χ4v) is 5.87. The molecule has 9 heteroatoms. The fourth-order valence-electron chi connectivity index (χ4n) is 5.87. The lowest BCUT2D eigenvalue weighted by Gasteiger charge is -2.33. The van der Waals surface area contributed by atoms with E-state index >= 15 is 0 Å². The SMILES string of the molecule is C/C=C/[C@@H](O)[C@@H](C)/C=C/C(=O)[C@@H](C)[C@H](O)[C@H](C)[C@H]1OC(=O)/C(OC)=C\C(C)=C\[C@@H](C)[C@@H](O)[C@@H](C)[C@@H](O)[C@H](C)C/C(C)=C/C=C/[C@@H]1OC. The maximum absolute atomic E-state index is 13.5. The molecule has 47 heavy (non-hydrogen) atoms. The van der Waals surface area contributed by atoms with Crippen molar-refractivity contribution in [3.63, 3.8) is 0 Å². The van der Waals surface area contributed by atoms with E-state index in [1.54, 1.807) is 65.0 Å². The standard InChI is InChI=1S/C38H60O9/c1-12-14-30(39)24(4)17-18-31(40)27(7)36(43)29(9)37-32(45-10)16-13-15-22(2)19-25(5)34(41)28(8)35(42)26(6)20-23(3)21-33(46-11)38(44)47-37/h12-18,20-21,24-30,32,34-37,39,41-43H,19H2,1-11H3/b14-12+,16-13+,18-17+,22-15+,23-20+,33-21+/t24-,25+,26+,27+,28-,29-,30+,32-,34-,35+,36-,37+/m0/s1. The molecule has 0 saturated carbocycles. The molecule has 1 aliphatic heterocycles. The molecule has 0 unspecified atom stereocenters. The predicted molar refractivity (Wildman–Crippen MR) is 185 cm³/mol. The molecule has 0 spiro atoms. The Balaban J connectivity index is 3.56. The smallest absolute Gasteiger partial charge is 0.373 e. The maximum atomic E-state index is 13.5. The number of carbonyl (C=O) groups is 2. The molecule has 0 bridgehead atoms. The number of hydrogen-bond acceptors (Lipinski definition) is 9. The maximum Gasteiger partial charge on any atom is 0.373 e. The van der Waals surface area contributed by atoms with Gasteiger partial charge in [-0.3, -0.25) is 4.79 Å². The highest BCUT2D eigenvalue weighted by Gasteiger charge is 2.38. The van der Waals surface area contributed by atoms with Crippen LogP contribution in [0.3, 0.4) is 0 Å². The van der Waals surface area contributed by atoms with Crippen LogP contribution in [0.2, 0.25) is 0 Å². The van der Waals surface area contributed by atoms with Gasteiger partial charge in [0.05, 0.1) is 31.5 Å². The van der Waals surface area contributed by atoms with Crippen molar-refractivity contribution in [2.24, 2.45) is 35.5 Å². The number of aliphatic hydroxyl groups excluding tert-OH is 4. The van der Waals surface area contributed by atoms with Gasteiger partial charge in [0.2, 0.25) is 5.76 Å². The number of hydrogen-bond donors (Lipinski definition) is 4. The highest BCUT2D eigenvalue weighted by atomic mass is 16.6. The van der Waals surface area contributed by atoms with Gasteiger partial charge in [-0.05, 0) is 45.3 Å². The van der Waals surface area contributed by atoms with Crippen molar-refractivity contribution < 1.29 is 44.2 Å². The van der Waals surface area contributed by atoms with Gasteiger partial charge in [0.1, 0.15) is 12.2 Å². The molecular formula is C38H60O9. The Kier molecular flexibility index (Phi) is 18.4. The minimum Gasteiger partial charge on any atom is -0.490 e. The number of carbonyl (C=O) groups excluding carboxylic acids is 2. The molecule has 266 valence electrons. The number of cyclic esters (lactones) is 1. The highest BCUT2D eigenvalue weighted by molar-refractivity contribution is 5.92. The Morgan fingerprint density at radius 1 is 1.04 bits per heavy atom. The van der Waals surface area contributed by atoms with Crippen molar-refractivity contribution in [3.05, 3.63) is 71.6 Å². The molecule has 12 atom stereocenters. The monoisotopic (exact) mass is 660 g/mol. The molecular weight excluding hydrogens is 600 g/mol. The zero-order valence-electron chi connectivity index (χ0n) is 30.2. The van der Waals surface area contributed by atoms with Crippen molar-refractivity contribution in [2.45, 2.75) is 105 Å². The first-order valence-electron chi connectivity index (χ1n) is 16.6. The van der Waals surface area contributed by atoms with E-state index in [9.17, 15) is 30.0 Å². The van der Waals surface area contributed by atoms with E-state index in [2.05, 4.69) is 0 Å². The lowest BCUT2D eigenvalue weighted by atomic mass is 9.81. The zero-order chi connectivity index (χ0) is 36.0. The summed E-state index contributed by atoms with van der Waals surface area (Å²) >= 11 is 0. The van der Waals surface area contributed by atoms with Crippen LogP contribution in [0.1, 0.15) is 68.7 Å². The third kappa shape index (κ3) is 13.0. The molecule has 1 rings (SSSR count). The van der Waals surface area contributed by atoms with Crippen LogP contribution < -0.4 is 0 Å². The molecule has 0 radical (unpaired) electrons. The predicted octanol–water partition coefficient (Wildman–Crippen LogP) is 5.26. The van der Waals surface area contributed by atoms with Gasteiger partial charge >= 0.3 is 5.97 Å². The van der Waals surface area contributed by atoms with Gasteiger partial charge in [0.25, 0.3) is 0 Å². The van der Waals surface area contributed by atoms with Crippen LogP contribution in [-0.4, -0.2) is 83.0 Å². The average Bonchev–Trinajstić information content (AvgIpc) is 3.04. The van der Waals surface area contributed by atoms with E-state index < -0.39 is 60.3 Å². The van der Waals surface area contributed by atoms with E-state index in [4.69, 9.17) is 14.2 Å². The number of methoxy groups -OCH3 is 2. The molecule has 0 fully saturated rings. The second-order valence-corrected chi connectivity index (χ2v) is 13.2. The first-order valence-corrected chi connectivity index (χ1v) is 16.6. The van der Waals surface area contributed by atoms with Crippen LogP contribution in [0, 0.1) is 35.5 Å². The van der Waals surface area contributed by atoms with E-state index in [1.807, 2.05) is 39.8 Å². The fraction of sp³-hybridized carbons (Fsp3) is 0.632. The van der Waals surface area contributed by atoms with Crippen LogP contribution in [0.4, 0.5) is 0 Å². The van der Waals surface area contributed by atoms with E-state index in [1.165, 1.54) is 26.4 Å². The van der Waals surface area contributed by atoms with Crippen LogP contribution in [0.25, 0.3) is 0 Å². The molecule has 0 amide bonds. The van der Waals surface area contributed by atoms with E-state index in [-0.39, 0.29) is 29.3 Å². The van der Waals surface area contributed by atoms with E-state index in [0.717, 1.165) is 5.57 Å². The average molecular weight is 661 g/mol. The van der Waals surface area contributed by atoms with Crippen LogP contribution >= 0.6 is 0 Å². The largest absolute Gasteiger partial charge is 0.490 e. The summed E-state index contributed by atoms with van der Waals surface area (Å²) in [6.45, 7) is 16.2. The lowest BCUT2D eigenvalue weighted by molar-refractivity contribution is -0.162. The van der Waals surface area contributed by atoms with Gasteiger partial charge in [-0.1, -0.05) is 95.2 Å². The lowest BCUT2D eigenvalue weighted by Crippen LogP contribution is -2.45. The summed E-state index contributed by atoms with van der Waals surface area (Å²) < 4.78 is 17.1. The summed E-state index contributed by atoms with van der Waals surface area (Å²) in [6.07, 6.45) is 10.3. The van der Waals surface area contributed by atoms with Crippen molar-refractivity contribution in [1.29, 1.82) is 0 Å². The summed E-state index contributed by atoms with van der Waals surface area (Å²) in [4.78, 5) is 26.6. The van der Waals surface area contributed by atoms with Gasteiger partial charge < -0.3 is 34.6 Å². The third-order valence-corrected chi connectivity index (χ3v) is 9.18. The van der Waals surface area contributed by atoms with Crippen LogP contribution in [0.15, 0.2) is 71.6 Å². The number of ether oxygens (including phenoxy) is 3. The number of ketones is 1. The summed E-state index contributed by atoms with van der Waals surface area (Å²) in [7, 11) is 2.82. The summed E-state index contributed by atoms with van der Waals surface area (Å²) in [5, 5.41) is 43.6. The molecule has 1 aliphatic rings. The molecule has 0 aromatic carbocycles. The van der Waals surface area contributed by atoms with Crippen LogP contribution in [-0.2, 0) is 23.8 Å². The van der Waals surface area contributed by atoms with Gasteiger partial charge in [-0.2, -0.15) is 0 Å². The zero-order valence-corrected chi connectivity index (χ0v) is 30.2. The first-order chi connectivity index (χ1) is 22.0. The Morgan fingerprint density at radius 3 is 2.26 bits per heavy atom. The van der Waals surface area contributed by atoms with Gasteiger partial charge in [0, 0.05) is 36.7 Å². The summed E-state index contributed by atoms with van der Waals surface area (Å²) in [6, 6.07) is 0. The second-order valence-electron chi connectivity index (χ2n) is 13.2. The van der Waals surface area contributed by atoms with Gasteiger partial charge in [-0.15, -0.1) is 0 Å². The summed E-state index contributed by atoms with van der Waals surface area (Å²) in [5.74, 6) is -3.99. The van der Waals surface area contributed by atoms with Crippen molar-refractivity contribution in [1.82, 2.24) is 0 Å². The van der Waals surface area contributed by atoms with Crippen molar-refractivity contribution in [3.8, 4) is 0 Å². The second kappa shape index (κ2) is 20.5. The van der Waals surface area contributed by atoms with Crippen molar-refractivity contribution >= 4 is 11.8 Å². The number of aliphatic hydroxyl groups is 4. The van der Waals surface area contributed by atoms with E-state index in [0.29, 0.717) is 12.0 Å². The minimum atomic E-state index is -1.22. The normalized spacial score (nSPS) is 34.7. The van der Waals surface area contributed by atoms with Gasteiger partial charge in [0.15, 0.2) is 5.78 Å². The number of allylic oxidation sites excluding steroid dienone is 7. The molecule has 0 aromatic rings. The Labute approximate surface area is 282 Å². The number of esters is 1. The molecule has 1 heterocycles. The topological polar surface area (TPSA) is 143 Å². The Hall–Kier alpha value is -2.82. The quantitative estimate of drug-likeness (QED) is 0.140. The summed E-state index contributed by atoms with van der Waals surface area (Å²) in [5.41, 5.74) is 1.63. The van der Waals surface area contributed by atoms with Gasteiger partial charge in [-0.25, -0.2) is 4.79 Å². The minimum absolute atomic E-state index is 0.0924. The molecule has 4 N–H and O–H groups in total. The van der Waals surface area contributed by atoms with Crippen LogP contribution in [0.5, 0.6) is 0 Å².